The topological polar surface area (TPSA) is 168 Å². The summed E-state index contributed by atoms with van der Waals surface area (Å²) in [4.78, 5) is 46.4. The number of alkyl halides is 3. The lowest BCUT2D eigenvalue weighted by atomic mass is 10.0. The Morgan fingerprint density at radius 2 is 2.00 bits per heavy atom. The molecule has 0 saturated carbocycles. The van der Waals surface area contributed by atoms with E-state index in [-0.39, 0.29) is 28.4 Å². The van der Waals surface area contributed by atoms with Gasteiger partial charge in [0.2, 0.25) is 5.91 Å². The van der Waals surface area contributed by atoms with E-state index in [0.717, 1.165) is 0 Å². The molecule has 1 saturated heterocycles. The number of nitrogens with zero attached hydrogens (tertiary/aromatic N) is 4. The molecule has 0 bridgehead atoms. The van der Waals surface area contributed by atoms with Crippen molar-refractivity contribution >= 4 is 40.2 Å². The summed E-state index contributed by atoms with van der Waals surface area (Å²) in [5.74, 6) is -3.04. The van der Waals surface area contributed by atoms with Crippen LogP contribution in [0.3, 0.4) is 0 Å². The number of likely N-dealkylation sites (tertiary alicyclic amines) is 1. The minimum absolute atomic E-state index is 0.0203. The zero-order valence-corrected chi connectivity index (χ0v) is 20.7. The number of H-pyrrole nitrogens is 1. The third kappa shape index (κ3) is 5.98. The van der Waals surface area contributed by atoms with Gasteiger partial charge >= 0.3 is 18.2 Å². The van der Waals surface area contributed by atoms with Gasteiger partial charge in [0.05, 0.1) is 29.4 Å². The van der Waals surface area contributed by atoms with Crippen LogP contribution in [-0.2, 0) is 20.8 Å². The van der Waals surface area contributed by atoms with Crippen LogP contribution in [0, 0.1) is 22.7 Å². The molecule has 0 radical (unpaired) electrons. The SMILES string of the molecule is N#Cc1cccc(NC(=O)N(OC(=O)C(F)(F)F)c2ccc3[nH]cc(CC(N)C(=O)N4CCCC4C#N)c3c2)c1. The van der Waals surface area contributed by atoms with Crippen LogP contribution < -0.4 is 16.1 Å². The minimum Gasteiger partial charge on any atom is -0.361 e. The lowest BCUT2D eigenvalue weighted by molar-refractivity contribution is -0.199. The van der Waals surface area contributed by atoms with E-state index >= 15 is 0 Å². The molecular formula is C26H22F3N7O4. The van der Waals surface area contributed by atoms with Crippen LogP contribution in [0.5, 0.6) is 0 Å². The molecule has 3 amide bonds. The Labute approximate surface area is 225 Å². The zero-order valence-electron chi connectivity index (χ0n) is 20.7. The van der Waals surface area contributed by atoms with Crippen molar-refractivity contribution in [1.29, 1.82) is 10.5 Å². The van der Waals surface area contributed by atoms with Gasteiger partial charge in [-0.15, -0.1) is 5.06 Å². The van der Waals surface area contributed by atoms with Crippen molar-refractivity contribution in [2.75, 3.05) is 16.9 Å². The van der Waals surface area contributed by atoms with E-state index in [1.165, 1.54) is 47.4 Å². The van der Waals surface area contributed by atoms with Crippen molar-refractivity contribution in [1.82, 2.24) is 9.88 Å². The fourth-order valence-electron chi connectivity index (χ4n) is 4.35. The van der Waals surface area contributed by atoms with Gasteiger partial charge in [0.1, 0.15) is 6.04 Å². The summed E-state index contributed by atoms with van der Waals surface area (Å²) in [7, 11) is 0. The molecule has 1 aliphatic rings. The molecule has 14 heteroatoms. The lowest BCUT2D eigenvalue weighted by Gasteiger charge is -2.23. The van der Waals surface area contributed by atoms with Gasteiger partial charge in [-0.3, -0.25) is 4.79 Å². The Kier molecular flexibility index (Phi) is 7.93. The van der Waals surface area contributed by atoms with E-state index in [9.17, 15) is 32.8 Å². The summed E-state index contributed by atoms with van der Waals surface area (Å²) in [5, 5.41) is 21.2. The predicted octanol–water partition coefficient (Wildman–Crippen LogP) is 3.48. The number of nitriles is 2. The molecule has 206 valence electrons. The third-order valence-electron chi connectivity index (χ3n) is 6.26. The maximum absolute atomic E-state index is 13.0. The molecule has 2 aromatic carbocycles. The number of aromatic nitrogens is 1. The molecule has 2 heterocycles. The van der Waals surface area contributed by atoms with Crippen LogP contribution in [0.4, 0.5) is 29.3 Å². The van der Waals surface area contributed by atoms with Gasteiger partial charge in [0.15, 0.2) is 0 Å². The number of hydrogen-bond donors (Lipinski definition) is 3. The second kappa shape index (κ2) is 11.3. The van der Waals surface area contributed by atoms with Crippen LogP contribution in [0.15, 0.2) is 48.7 Å². The number of hydroxylamine groups is 1. The number of carbonyl (C=O) groups is 3. The lowest BCUT2D eigenvalue weighted by Crippen LogP contribution is -2.46. The van der Waals surface area contributed by atoms with E-state index in [0.29, 0.717) is 35.9 Å². The van der Waals surface area contributed by atoms with Crippen LogP contribution in [0.2, 0.25) is 0 Å². The number of fused-ring (bicyclic) bond motifs is 1. The Morgan fingerprint density at radius 1 is 1.23 bits per heavy atom. The number of amides is 3. The van der Waals surface area contributed by atoms with Gasteiger partial charge < -0.3 is 25.8 Å². The van der Waals surface area contributed by atoms with E-state index in [1.54, 1.807) is 6.20 Å². The normalized spacial score (nSPS) is 15.7. The van der Waals surface area contributed by atoms with Gasteiger partial charge in [-0.2, -0.15) is 23.7 Å². The molecule has 1 aliphatic heterocycles. The van der Waals surface area contributed by atoms with Gasteiger partial charge in [0.25, 0.3) is 0 Å². The van der Waals surface area contributed by atoms with Crippen LogP contribution in [-0.4, -0.2) is 52.6 Å². The summed E-state index contributed by atoms with van der Waals surface area (Å²) in [6, 6.07) is 10.7. The molecule has 11 nitrogen and oxygen atoms in total. The fraction of sp³-hybridized carbons (Fsp3) is 0.269. The maximum atomic E-state index is 13.0. The van der Waals surface area contributed by atoms with Crippen molar-refractivity contribution in [2.24, 2.45) is 5.73 Å². The number of nitrogens with one attached hydrogen (secondary N) is 2. The first-order valence-corrected chi connectivity index (χ1v) is 12.0. The highest BCUT2D eigenvalue weighted by Crippen LogP contribution is 2.29. The number of aromatic amines is 1. The first-order chi connectivity index (χ1) is 19.0. The van der Waals surface area contributed by atoms with Crippen molar-refractivity contribution in [3.8, 4) is 12.1 Å². The van der Waals surface area contributed by atoms with Gasteiger partial charge in [-0.25, -0.2) is 9.59 Å². The van der Waals surface area contributed by atoms with Crippen molar-refractivity contribution < 1.29 is 32.4 Å². The second-order valence-corrected chi connectivity index (χ2v) is 8.97. The van der Waals surface area contributed by atoms with Crippen molar-refractivity contribution in [2.45, 2.75) is 37.5 Å². The molecule has 4 rings (SSSR count). The summed E-state index contributed by atoms with van der Waals surface area (Å²) >= 11 is 0. The Balaban J connectivity index is 1.63. The Morgan fingerprint density at radius 3 is 2.70 bits per heavy atom. The first-order valence-electron chi connectivity index (χ1n) is 12.0. The largest absolute Gasteiger partial charge is 0.493 e. The number of hydrogen-bond acceptors (Lipinski definition) is 7. The number of anilines is 2. The maximum Gasteiger partial charge on any atom is 0.493 e. The number of benzene rings is 2. The van der Waals surface area contributed by atoms with Gasteiger partial charge in [-0.05, 0) is 61.2 Å². The monoisotopic (exact) mass is 553 g/mol. The van der Waals surface area contributed by atoms with Crippen LogP contribution >= 0.6 is 0 Å². The minimum atomic E-state index is -5.40. The number of halogens is 3. The van der Waals surface area contributed by atoms with Crippen LogP contribution in [0.25, 0.3) is 10.9 Å². The second-order valence-electron chi connectivity index (χ2n) is 8.97. The highest BCUT2D eigenvalue weighted by atomic mass is 19.4. The zero-order chi connectivity index (χ0) is 29.0. The fourth-order valence-corrected chi connectivity index (χ4v) is 4.35. The quantitative estimate of drug-likeness (QED) is 0.406. The van der Waals surface area contributed by atoms with Crippen molar-refractivity contribution in [3.05, 3.63) is 59.8 Å². The molecule has 1 fully saturated rings. The first kappa shape index (κ1) is 27.9. The molecule has 3 aromatic rings. The highest BCUT2D eigenvalue weighted by Gasteiger charge is 2.44. The molecule has 0 spiro atoms. The number of rotatable bonds is 5. The van der Waals surface area contributed by atoms with Gasteiger partial charge in [-0.1, -0.05) is 6.07 Å². The number of carbonyl (C=O) groups excluding carboxylic acids is 3. The van der Waals surface area contributed by atoms with Crippen LogP contribution in [0.1, 0.15) is 24.0 Å². The summed E-state index contributed by atoms with van der Waals surface area (Å²) in [6.07, 6.45) is -2.57. The molecule has 0 aliphatic carbocycles. The molecule has 40 heavy (non-hydrogen) atoms. The molecule has 2 unspecified atom stereocenters. The number of urea groups is 1. The summed E-state index contributed by atoms with van der Waals surface area (Å²) in [5.41, 5.74) is 7.20. The summed E-state index contributed by atoms with van der Waals surface area (Å²) in [6.45, 7) is 0.411. The Bertz CT molecular complexity index is 1540. The smallest absolute Gasteiger partial charge is 0.361 e. The highest BCUT2D eigenvalue weighted by molar-refractivity contribution is 6.03. The molecular weight excluding hydrogens is 531 g/mol. The van der Waals surface area contributed by atoms with Crippen molar-refractivity contribution in [3.63, 3.8) is 0 Å². The van der Waals surface area contributed by atoms with E-state index in [4.69, 9.17) is 11.0 Å². The molecule has 2 atom stereocenters. The summed E-state index contributed by atoms with van der Waals surface area (Å²) < 4.78 is 39.1. The predicted molar refractivity (Wildman–Crippen MR) is 135 cm³/mol. The van der Waals surface area contributed by atoms with E-state index < -0.39 is 36.2 Å². The average molecular weight is 554 g/mol. The molecule has 4 N–H and O–H groups in total. The average Bonchev–Trinajstić information content (AvgIpc) is 3.57. The van der Waals surface area contributed by atoms with E-state index in [2.05, 4.69) is 21.2 Å². The third-order valence-corrected chi connectivity index (χ3v) is 6.26. The Hall–Kier alpha value is -5.08. The standard InChI is InChI=1S/C26H22F3N7O4/c27-26(28,29)24(38)40-36(25(39)34-17-4-1-3-15(9-17)12-30)18-6-7-22-20(11-18)16(14-33-22)10-21(32)23(37)35-8-2-5-19(35)13-31/h1,3-4,6-7,9,11,14,19,21,33H,2,5,8,10,32H2,(H,34,39). The van der Waals surface area contributed by atoms with Gasteiger partial charge in [0, 0.05) is 29.3 Å². The molecule has 1 aromatic heterocycles. The van der Waals surface area contributed by atoms with E-state index in [1.807, 2.05) is 6.07 Å². The number of nitrogens with two attached hydrogens (primary N) is 1.